The molecular weight excluding hydrogens is 528 g/mol. The van der Waals surface area contributed by atoms with Crippen LogP contribution in [0.5, 0.6) is 0 Å². The maximum atomic E-state index is 14.3. The second-order valence-corrected chi connectivity index (χ2v) is 13.9. The number of oxime groups is 1. The highest BCUT2D eigenvalue weighted by Crippen LogP contribution is 2.69. The summed E-state index contributed by atoms with van der Waals surface area (Å²) in [5.41, 5.74) is 2.61. The van der Waals surface area contributed by atoms with Crippen LogP contribution in [0.15, 0.2) is 34.2 Å². The van der Waals surface area contributed by atoms with Gasteiger partial charge in [-0.3, -0.25) is 14.5 Å². The average Bonchev–Trinajstić information content (AvgIpc) is 3.17. The lowest BCUT2D eigenvalue weighted by Crippen LogP contribution is -2.58. The van der Waals surface area contributed by atoms with Crippen LogP contribution in [0.2, 0.25) is 0 Å². The third-order valence-corrected chi connectivity index (χ3v) is 12.0. The summed E-state index contributed by atoms with van der Waals surface area (Å²) < 4.78 is 1.99. The maximum Gasteiger partial charge on any atom is 0.303 e. The molecule has 8 nitrogen and oxygen atoms in total. The summed E-state index contributed by atoms with van der Waals surface area (Å²) in [6, 6.07) is 9.64. The van der Waals surface area contributed by atoms with Crippen molar-refractivity contribution in [3.8, 4) is 0 Å². The summed E-state index contributed by atoms with van der Waals surface area (Å²) in [6.45, 7) is 4.60. The Morgan fingerprint density at radius 2 is 1.76 bits per heavy atom. The number of benzene rings is 1. The molecule has 0 amide bonds. The van der Waals surface area contributed by atoms with Crippen LogP contribution in [0.4, 0.5) is 0 Å². The molecular formula is C34H46N4O4. The zero-order valence-electron chi connectivity index (χ0n) is 25.2. The molecule has 3 aliphatic carbocycles. The molecule has 42 heavy (non-hydrogen) atoms. The van der Waals surface area contributed by atoms with E-state index >= 15 is 0 Å². The molecule has 226 valence electrons. The van der Waals surface area contributed by atoms with Crippen LogP contribution >= 0.6 is 0 Å². The molecule has 2 aliphatic heterocycles. The van der Waals surface area contributed by atoms with E-state index in [0.29, 0.717) is 35.9 Å². The van der Waals surface area contributed by atoms with Crippen LogP contribution in [0.25, 0.3) is 11.0 Å². The monoisotopic (exact) mass is 574 g/mol. The van der Waals surface area contributed by atoms with E-state index < -0.39 is 5.97 Å². The smallest absolute Gasteiger partial charge is 0.303 e. The number of aliphatic carboxylic acids is 1. The second kappa shape index (κ2) is 11.1. The van der Waals surface area contributed by atoms with Crippen molar-refractivity contribution in [2.24, 2.45) is 28.3 Å². The van der Waals surface area contributed by atoms with Gasteiger partial charge in [-0.25, -0.2) is 4.98 Å². The number of hydrogen-bond donors (Lipinski definition) is 1. The molecule has 7 unspecified atom stereocenters. The second-order valence-electron chi connectivity index (χ2n) is 13.9. The molecule has 8 heteroatoms. The number of carboxylic acid groups (broad SMARTS) is 1. The summed E-state index contributed by atoms with van der Waals surface area (Å²) in [7, 11) is 0. The molecule has 3 heterocycles. The molecule has 0 spiro atoms. The summed E-state index contributed by atoms with van der Waals surface area (Å²) in [4.78, 5) is 38.7. The fraction of sp³-hybridized carbons (Fsp3) is 0.706. The predicted molar refractivity (Wildman–Crippen MR) is 163 cm³/mol. The van der Waals surface area contributed by atoms with E-state index in [2.05, 4.69) is 17.0 Å². The largest absolute Gasteiger partial charge is 0.481 e. The lowest BCUT2D eigenvalue weighted by Gasteiger charge is -2.57. The third-order valence-electron chi connectivity index (χ3n) is 12.0. The van der Waals surface area contributed by atoms with Gasteiger partial charge in [0.05, 0.1) is 17.5 Å². The lowest BCUT2D eigenvalue weighted by atomic mass is 9.52. The molecule has 5 aliphatic rings. The number of aromatic nitrogens is 2. The minimum Gasteiger partial charge on any atom is -0.481 e. The van der Waals surface area contributed by atoms with Crippen molar-refractivity contribution in [3.05, 3.63) is 40.3 Å². The van der Waals surface area contributed by atoms with Crippen LogP contribution in [0, 0.1) is 23.2 Å². The molecule has 3 saturated carbocycles. The van der Waals surface area contributed by atoms with Crippen LogP contribution in [-0.4, -0.2) is 56.0 Å². The number of carboxylic acids is 1. The first-order chi connectivity index (χ1) is 20.4. The first-order valence-electron chi connectivity index (χ1n) is 16.6. The SMILES string of the molecule is CCO/N=C(\CCC(=O)O)c1nc2ccccc2n(C2CC3CCCC(C2)N3C2CC3CC4CC(C2)C4(CC)C3)c1=O. The molecule has 2 saturated heterocycles. The highest BCUT2D eigenvalue weighted by molar-refractivity contribution is 6.00. The number of para-hydroxylation sites is 2. The minimum absolute atomic E-state index is 0.0841. The van der Waals surface area contributed by atoms with Gasteiger partial charge >= 0.3 is 5.97 Å². The predicted octanol–water partition coefficient (Wildman–Crippen LogP) is 6.16. The zero-order chi connectivity index (χ0) is 29.0. The minimum atomic E-state index is -0.936. The quantitative estimate of drug-likeness (QED) is 0.284. The first kappa shape index (κ1) is 28.1. The van der Waals surface area contributed by atoms with Crippen LogP contribution in [0.3, 0.4) is 0 Å². The molecule has 4 bridgehead atoms. The zero-order valence-corrected chi connectivity index (χ0v) is 25.2. The maximum absolute atomic E-state index is 14.3. The van der Waals surface area contributed by atoms with Crippen molar-refractivity contribution in [2.45, 2.75) is 121 Å². The van der Waals surface area contributed by atoms with Crippen molar-refractivity contribution in [1.29, 1.82) is 0 Å². The van der Waals surface area contributed by atoms with E-state index in [4.69, 9.17) is 9.82 Å². The summed E-state index contributed by atoms with van der Waals surface area (Å²) in [6.07, 6.45) is 14.1. The number of nitrogens with zero attached hydrogens (tertiary/aromatic N) is 4. The molecule has 1 aromatic heterocycles. The Morgan fingerprint density at radius 1 is 1.00 bits per heavy atom. The highest BCUT2D eigenvalue weighted by Gasteiger charge is 2.61. The first-order valence-corrected chi connectivity index (χ1v) is 16.6. The lowest BCUT2D eigenvalue weighted by molar-refractivity contribution is -0.136. The average molecular weight is 575 g/mol. The van der Waals surface area contributed by atoms with Gasteiger partial charge in [0.1, 0.15) is 12.3 Å². The molecule has 1 aromatic carbocycles. The topological polar surface area (TPSA) is 97.0 Å². The van der Waals surface area contributed by atoms with Crippen molar-refractivity contribution in [2.75, 3.05) is 6.61 Å². The van der Waals surface area contributed by atoms with E-state index in [1.54, 1.807) is 0 Å². The number of carbonyl (C=O) groups is 1. The Morgan fingerprint density at radius 3 is 2.50 bits per heavy atom. The van der Waals surface area contributed by atoms with Gasteiger partial charge in [0.15, 0.2) is 5.69 Å². The highest BCUT2D eigenvalue weighted by atomic mass is 16.6. The van der Waals surface area contributed by atoms with Crippen molar-refractivity contribution in [3.63, 3.8) is 0 Å². The van der Waals surface area contributed by atoms with Crippen molar-refractivity contribution < 1.29 is 14.7 Å². The van der Waals surface area contributed by atoms with Crippen LogP contribution in [0.1, 0.15) is 109 Å². The normalized spacial score (nSPS) is 36.0. The Hall–Kier alpha value is -2.74. The molecule has 2 aromatic rings. The van der Waals surface area contributed by atoms with Gasteiger partial charge in [0.2, 0.25) is 0 Å². The van der Waals surface area contributed by atoms with Crippen LogP contribution in [-0.2, 0) is 9.63 Å². The molecule has 1 N–H and O–H groups in total. The van der Waals surface area contributed by atoms with Gasteiger partial charge in [0, 0.05) is 30.6 Å². The molecule has 7 atom stereocenters. The molecule has 7 rings (SSSR count). The van der Waals surface area contributed by atoms with Gasteiger partial charge in [-0.1, -0.05) is 30.6 Å². The van der Waals surface area contributed by atoms with Gasteiger partial charge < -0.3 is 14.5 Å². The number of piperidine rings is 2. The number of hydrogen-bond acceptors (Lipinski definition) is 6. The van der Waals surface area contributed by atoms with E-state index in [9.17, 15) is 14.7 Å². The molecule has 0 radical (unpaired) electrons. The van der Waals surface area contributed by atoms with Gasteiger partial charge in [-0.05, 0) is 106 Å². The van der Waals surface area contributed by atoms with Gasteiger partial charge in [-0.15, -0.1) is 0 Å². The Labute approximate surface area is 248 Å². The summed E-state index contributed by atoms with van der Waals surface area (Å²) in [5.74, 6) is 1.87. The Kier molecular flexibility index (Phi) is 7.40. The number of fused-ring (bicyclic) bond motifs is 4. The van der Waals surface area contributed by atoms with E-state index in [0.717, 1.165) is 41.6 Å². The van der Waals surface area contributed by atoms with Crippen molar-refractivity contribution in [1.82, 2.24) is 14.5 Å². The van der Waals surface area contributed by atoms with Crippen molar-refractivity contribution >= 4 is 22.7 Å². The van der Waals surface area contributed by atoms with Gasteiger partial charge in [0.25, 0.3) is 5.56 Å². The summed E-state index contributed by atoms with van der Waals surface area (Å²) in [5, 5.41) is 13.5. The fourth-order valence-corrected chi connectivity index (χ4v) is 10.4. The third kappa shape index (κ3) is 4.59. The fourth-order valence-electron chi connectivity index (χ4n) is 10.4. The van der Waals surface area contributed by atoms with Gasteiger partial charge in [-0.2, -0.15) is 0 Å². The Bertz CT molecular complexity index is 1420. The number of rotatable bonds is 9. The summed E-state index contributed by atoms with van der Waals surface area (Å²) >= 11 is 0. The van der Waals surface area contributed by atoms with Crippen LogP contribution < -0.4 is 5.56 Å². The van der Waals surface area contributed by atoms with E-state index in [-0.39, 0.29) is 30.1 Å². The standard InChI is InChI=1S/C34H46N4O4/c1-3-34-20-21-14-22(34)16-23(34)17-26(15-21)37-24-8-7-9-25(37)19-27(18-24)38-30-11-6-5-10-28(30)35-32(33(38)41)29(36-42-4-2)12-13-31(39)40/h5-6,10-11,21-27H,3-4,7-9,12-20H2,1-2H3,(H,39,40)/b36-29+. The van der Waals surface area contributed by atoms with E-state index in [1.807, 2.05) is 35.8 Å². The Balaban J connectivity index is 1.22. The molecule has 5 fully saturated rings. The van der Waals surface area contributed by atoms with E-state index in [1.165, 1.54) is 57.8 Å².